The highest BCUT2D eigenvalue weighted by Crippen LogP contribution is 2.22. The first kappa shape index (κ1) is 10.7. The molecule has 0 bridgehead atoms. The molecular formula is C10H7Cl2NOS. The molecule has 0 unspecified atom stereocenters. The molecule has 0 aliphatic rings. The minimum Gasteiger partial charge on any atom is -0.268 e. The molecule has 0 saturated carbocycles. The van der Waals surface area contributed by atoms with E-state index in [0.717, 1.165) is 5.56 Å². The Kier molecular flexibility index (Phi) is 3.14. The van der Waals surface area contributed by atoms with Crippen LogP contribution in [0.1, 0.15) is 5.56 Å². The maximum absolute atomic E-state index is 11.3. The van der Waals surface area contributed by atoms with Gasteiger partial charge in [-0.3, -0.25) is 8.75 Å². The van der Waals surface area contributed by atoms with Gasteiger partial charge in [0.2, 0.25) is 0 Å². The molecule has 0 N–H and O–H groups in total. The van der Waals surface area contributed by atoms with Crippen molar-refractivity contribution in [1.82, 2.24) is 3.96 Å². The molecule has 0 atom stereocenters. The second-order valence-electron chi connectivity index (χ2n) is 3.03. The Hall–Kier alpha value is -0.770. The summed E-state index contributed by atoms with van der Waals surface area (Å²) in [6.45, 7) is 0.535. The number of benzene rings is 1. The summed E-state index contributed by atoms with van der Waals surface area (Å²) < 4.78 is 1.65. The Morgan fingerprint density at radius 1 is 1.20 bits per heavy atom. The van der Waals surface area contributed by atoms with E-state index in [1.807, 2.05) is 6.07 Å². The molecule has 2 aromatic rings. The summed E-state index contributed by atoms with van der Waals surface area (Å²) in [5, 5.41) is 2.80. The fraction of sp³-hybridized carbons (Fsp3) is 0.100. The molecule has 2 nitrogen and oxygen atoms in total. The van der Waals surface area contributed by atoms with Gasteiger partial charge < -0.3 is 0 Å². The summed E-state index contributed by atoms with van der Waals surface area (Å²) in [6, 6.07) is 6.91. The summed E-state index contributed by atoms with van der Waals surface area (Å²) in [5.74, 6) is 0. The number of nitrogens with zero attached hydrogens (tertiary/aromatic N) is 1. The molecule has 5 heteroatoms. The molecule has 0 aliphatic carbocycles. The van der Waals surface area contributed by atoms with Crippen LogP contribution in [0.3, 0.4) is 0 Å². The van der Waals surface area contributed by atoms with Crippen molar-refractivity contribution in [2.75, 3.05) is 0 Å². The third-order valence-corrected chi connectivity index (χ3v) is 3.52. The van der Waals surface area contributed by atoms with Crippen molar-refractivity contribution >= 4 is 34.7 Å². The summed E-state index contributed by atoms with van der Waals surface area (Å²) in [6.07, 6.45) is 0. The van der Waals surface area contributed by atoms with E-state index in [0.29, 0.717) is 16.6 Å². The summed E-state index contributed by atoms with van der Waals surface area (Å²) in [4.78, 5) is 11.3. The van der Waals surface area contributed by atoms with Gasteiger partial charge in [0.15, 0.2) is 0 Å². The SMILES string of the molecule is O=c1ccsn1Cc1ccc(Cl)c(Cl)c1. The first-order valence-electron chi connectivity index (χ1n) is 4.25. The molecule has 0 aliphatic heterocycles. The zero-order chi connectivity index (χ0) is 10.8. The molecule has 0 amide bonds. The van der Waals surface area contributed by atoms with Crippen molar-refractivity contribution in [3.63, 3.8) is 0 Å². The van der Waals surface area contributed by atoms with Crippen LogP contribution in [-0.4, -0.2) is 3.96 Å². The fourth-order valence-corrected chi connectivity index (χ4v) is 2.25. The van der Waals surface area contributed by atoms with E-state index < -0.39 is 0 Å². The molecular weight excluding hydrogens is 253 g/mol. The van der Waals surface area contributed by atoms with E-state index in [2.05, 4.69) is 0 Å². The number of rotatable bonds is 2. The van der Waals surface area contributed by atoms with Crippen LogP contribution in [0.5, 0.6) is 0 Å². The highest BCUT2D eigenvalue weighted by molar-refractivity contribution is 7.04. The van der Waals surface area contributed by atoms with Crippen LogP contribution in [-0.2, 0) is 6.54 Å². The molecule has 1 aromatic carbocycles. The van der Waals surface area contributed by atoms with Crippen LogP contribution < -0.4 is 5.56 Å². The van der Waals surface area contributed by atoms with Crippen LogP contribution in [0.2, 0.25) is 10.0 Å². The highest BCUT2D eigenvalue weighted by Gasteiger charge is 2.02. The van der Waals surface area contributed by atoms with Gasteiger partial charge in [-0.2, -0.15) is 0 Å². The topological polar surface area (TPSA) is 22.0 Å². The van der Waals surface area contributed by atoms with Crippen LogP contribution in [0.25, 0.3) is 0 Å². The van der Waals surface area contributed by atoms with E-state index >= 15 is 0 Å². The molecule has 1 aromatic heterocycles. The molecule has 0 spiro atoms. The molecule has 2 rings (SSSR count). The second kappa shape index (κ2) is 4.39. The standard InChI is InChI=1S/C10H7Cl2NOS/c11-8-2-1-7(5-9(8)12)6-13-10(14)3-4-15-13/h1-5H,6H2. The number of aromatic nitrogens is 1. The van der Waals surface area contributed by atoms with Gasteiger partial charge in [0.1, 0.15) is 0 Å². The lowest BCUT2D eigenvalue weighted by atomic mass is 10.2. The van der Waals surface area contributed by atoms with Gasteiger partial charge >= 0.3 is 0 Å². The Balaban J connectivity index is 2.29. The van der Waals surface area contributed by atoms with Gasteiger partial charge in [0, 0.05) is 11.4 Å². The molecule has 0 fully saturated rings. The lowest BCUT2D eigenvalue weighted by molar-refractivity contribution is 0.849. The molecule has 15 heavy (non-hydrogen) atoms. The fourth-order valence-electron chi connectivity index (χ4n) is 1.22. The van der Waals surface area contributed by atoms with Crippen molar-refractivity contribution < 1.29 is 0 Å². The monoisotopic (exact) mass is 259 g/mol. The number of hydrogen-bond donors (Lipinski definition) is 0. The first-order chi connectivity index (χ1) is 7.16. The van der Waals surface area contributed by atoms with Crippen LogP contribution >= 0.6 is 34.7 Å². The Labute approximate surface area is 101 Å². The average molecular weight is 260 g/mol. The largest absolute Gasteiger partial charge is 0.268 e. The molecule has 1 heterocycles. The van der Waals surface area contributed by atoms with Gasteiger partial charge in [-0.25, -0.2) is 0 Å². The third kappa shape index (κ3) is 2.43. The van der Waals surface area contributed by atoms with E-state index in [-0.39, 0.29) is 5.56 Å². The van der Waals surface area contributed by atoms with Crippen LogP contribution in [0.4, 0.5) is 0 Å². The predicted molar refractivity (Wildman–Crippen MR) is 64.1 cm³/mol. The third-order valence-electron chi connectivity index (χ3n) is 1.95. The Morgan fingerprint density at radius 2 is 2.00 bits per heavy atom. The van der Waals surface area contributed by atoms with E-state index in [1.54, 1.807) is 27.5 Å². The normalized spacial score (nSPS) is 10.5. The van der Waals surface area contributed by atoms with E-state index in [4.69, 9.17) is 23.2 Å². The summed E-state index contributed by atoms with van der Waals surface area (Å²) in [7, 11) is 0. The maximum atomic E-state index is 11.3. The van der Waals surface area contributed by atoms with Crippen molar-refractivity contribution in [1.29, 1.82) is 0 Å². The average Bonchev–Trinajstić information content (AvgIpc) is 2.59. The quantitative estimate of drug-likeness (QED) is 0.812. The van der Waals surface area contributed by atoms with Gasteiger partial charge in [-0.05, 0) is 17.7 Å². The molecule has 0 saturated heterocycles. The number of halogens is 2. The number of hydrogen-bond acceptors (Lipinski definition) is 2. The van der Waals surface area contributed by atoms with Crippen LogP contribution in [0.15, 0.2) is 34.4 Å². The molecule has 78 valence electrons. The summed E-state index contributed by atoms with van der Waals surface area (Å²) >= 11 is 13.1. The Morgan fingerprint density at radius 3 is 2.60 bits per heavy atom. The molecule has 0 radical (unpaired) electrons. The zero-order valence-electron chi connectivity index (χ0n) is 7.61. The van der Waals surface area contributed by atoms with Crippen molar-refractivity contribution in [3.05, 3.63) is 55.6 Å². The minimum atomic E-state index is 0.00562. The zero-order valence-corrected chi connectivity index (χ0v) is 9.94. The Bertz CT molecular complexity index is 532. The maximum Gasteiger partial charge on any atom is 0.260 e. The van der Waals surface area contributed by atoms with Crippen molar-refractivity contribution in [2.24, 2.45) is 0 Å². The van der Waals surface area contributed by atoms with Gasteiger partial charge in [0.05, 0.1) is 16.6 Å². The highest BCUT2D eigenvalue weighted by atomic mass is 35.5. The van der Waals surface area contributed by atoms with Gasteiger partial charge in [0.25, 0.3) is 5.56 Å². The first-order valence-corrected chi connectivity index (χ1v) is 5.85. The minimum absolute atomic E-state index is 0.00562. The lowest BCUT2D eigenvalue weighted by Crippen LogP contribution is -2.12. The van der Waals surface area contributed by atoms with Crippen LogP contribution in [0, 0.1) is 0 Å². The van der Waals surface area contributed by atoms with E-state index in [1.165, 1.54) is 11.5 Å². The summed E-state index contributed by atoms with van der Waals surface area (Å²) in [5.41, 5.74) is 0.972. The van der Waals surface area contributed by atoms with Gasteiger partial charge in [-0.15, -0.1) is 0 Å². The second-order valence-corrected chi connectivity index (χ2v) is 4.77. The van der Waals surface area contributed by atoms with E-state index in [9.17, 15) is 4.79 Å². The smallest absolute Gasteiger partial charge is 0.260 e. The van der Waals surface area contributed by atoms with Crippen molar-refractivity contribution in [2.45, 2.75) is 6.54 Å². The van der Waals surface area contributed by atoms with Crippen molar-refractivity contribution in [3.8, 4) is 0 Å². The predicted octanol–water partition coefficient (Wildman–Crippen LogP) is 3.26. The lowest BCUT2D eigenvalue weighted by Gasteiger charge is -2.02. The van der Waals surface area contributed by atoms with Gasteiger partial charge in [-0.1, -0.05) is 40.8 Å².